The van der Waals surface area contributed by atoms with E-state index in [1.165, 1.54) is 29.5 Å². The van der Waals surface area contributed by atoms with Gasteiger partial charge in [-0.15, -0.1) is 0 Å². The van der Waals surface area contributed by atoms with Crippen molar-refractivity contribution in [1.82, 2.24) is 4.90 Å². The minimum atomic E-state index is 0.429. The molecule has 0 saturated heterocycles. The Morgan fingerprint density at radius 1 is 1.32 bits per heavy atom. The monoisotopic (exact) mass is 260 g/mol. The summed E-state index contributed by atoms with van der Waals surface area (Å²) in [5, 5.41) is 0. The first-order valence-corrected chi connectivity index (χ1v) is 7.44. The van der Waals surface area contributed by atoms with E-state index in [0.717, 1.165) is 19.6 Å². The fourth-order valence-electron chi connectivity index (χ4n) is 2.74. The molecule has 2 N–H and O–H groups in total. The van der Waals surface area contributed by atoms with E-state index in [1.807, 2.05) is 0 Å². The van der Waals surface area contributed by atoms with Gasteiger partial charge >= 0.3 is 0 Å². The summed E-state index contributed by atoms with van der Waals surface area (Å²) in [6, 6.07) is 6.89. The Bertz CT molecular complexity index is 433. The van der Waals surface area contributed by atoms with Gasteiger partial charge in [0.05, 0.1) is 0 Å². The SMILES string of the molecule is Cc1ccc(C(C)C)cc1CN(C)CC1(CN)CC1. The molecule has 0 bridgehead atoms. The predicted octanol–water partition coefficient (Wildman–Crippen LogP) is 3.29. The third-order valence-electron chi connectivity index (χ3n) is 4.48. The highest BCUT2D eigenvalue weighted by Crippen LogP contribution is 2.45. The summed E-state index contributed by atoms with van der Waals surface area (Å²) >= 11 is 0. The van der Waals surface area contributed by atoms with Gasteiger partial charge in [0.2, 0.25) is 0 Å². The van der Waals surface area contributed by atoms with Crippen molar-refractivity contribution in [2.75, 3.05) is 20.1 Å². The van der Waals surface area contributed by atoms with Gasteiger partial charge in [-0.2, -0.15) is 0 Å². The van der Waals surface area contributed by atoms with Gasteiger partial charge < -0.3 is 10.6 Å². The van der Waals surface area contributed by atoms with Crippen LogP contribution in [0.1, 0.15) is 49.3 Å². The highest BCUT2D eigenvalue weighted by molar-refractivity contribution is 5.32. The van der Waals surface area contributed by atoms with Gasteiger partial charge in [0.25, 0.3) is 0 Å². The van der Waals surface area contributed by atoms with E-state index in [1.54, 1.807) is 0 Å². The molecule has 0 unspecified atom stereocenters. The molecule has 2 nitrogen and oxygen atoms in total. The van der Waals surface area contributed by atoms with Crippen molar-refractivity contribution in [2.24, 2.45) is 11.1 Å². The second kappa shape index (κ2) is 5.64. The van der Waals surface area contributed by atoms with Gasteiger partial charge in [-0.1, -0.05) is 32.0 Å². The van der Waals surface area contributed by atoms with Crippen LogP contribution in [0.2, 0.25) is 0 Å². The predicted molar refractivity (Wildman–Crippen MR) is 82.3 cm³/mol. The number of rotatable bonds is 6. The molecule has 0 atom stereocenters. The fourth-order valence-corrected chi connectivity index (χ4v) is 2.74. The highest BCUT2D eigenvalue weighted by Gasteiger charge is 2.41. The Morgan fingerprint density at radius 2 is 2.00 bits per heavy atom. The Balaban J connectivity index is 2.03. The smallest absolute Gasteiger partial charge is 0.0233 e. The molecule has 1 saturated carbocycles. The number of benzene rings is 1. The number of nitrogens with two attached hydrogens (primary N) is 1. The zero-order valence-corrected chi connectivity index (χ0v) is 12.9. The Labute approximate surface area is 118 Å². The van der Waals surface area contributed by atoms with Crippen LogP contribution in [-0.4, -0.2) is 25.0 Å². The summed E-state index contributed by atoms with van der Waals surface area (Å²) in [7, 11) is 2.22. The normalized spacial score (nSPS) is 17.2. The second-order valence-electron chi connectivity index (χ2n) is 6.72. The molecule has 1 aromatic rings. The van der Waals surface area contributed by atoms with E-state index in [9.17, 15) is 0 Å². The van der Waals surface area contributed by atoms with Crippen molar-refractivity contribution in [3.63, 3.8) is 0 Å². The largest absolute Gasteiger partial charge is 0.330 e. The van der Waals surface area contributed by atoms with Crippen LogP contribution in [0.4, 0.5) is 0 Å². The van der Waals surface area contributed by atoms with Crippen molar-refractivity contribution in [1.29, 1.82) is 0 Å². The average Bonchev–Trinajstić information content (AvgIpc) is 3.12. The van der Waals surface area contributed by atoms with E-state index in [0.29, 0.717) is 11.3 Å². The van der Waals surface area contributed by atoms with Crippen LogP contribution in [0.25, 0.3) is 0 Å². The summed E-state index contributed by atoms with van der Waals surface area (Å²) in [4.78, 5) is 2.44. The fraction of sp³-hybridized carbons (Fsp3) is 0.647. The molecule has 0 aromatic heterocycles. The lowest BCUT2D eigenvalue weighted by Crippen LogP contribution is -2.31. The number of nitrogens with zero attached hydrogens (tertiary/aromatic N) is 1. The maximum absolute atomic E-state index is 5.88. The molecule has 1 fully saturated rings. The van der Waals surface area contributed by atoms with Gasteiger partial charge in [0, 0.05) is 13.1 Å². The maximum atomic E-state index is 5.88. The van der Waals surface area contributed by atoms with E-state index >= 15 is 0 Å². The summed E-state index contributed by atoms with van der Waals surface area (Å²) < 4.78 is 0. The molecule has 0 heterocycles. The van der Waals surface area contributed by atoms with Crippen LogP contribution in [0.15, 0.2) is 18.2 Å². The van der Waals surface area contributed by atoms with E-state index in [-0.39, 0.29) is 0 Å². The molecule has 19 heavy (non-hydrogen) atoms. The third kappa shape index (κ3) is 3.58. The van der Waals surface area contributed by atoms with Crippen molar-refractivity contribution in [3.8, 4) is 0 Å². The zero-order valence-electron chi connectivity index (χ0n) is 12.9. The lowest BCUT2D eigenvalue weighted by molar-refractivity contribution is 0.259. The molecule has 0 aliphatic heterocycles. The molecule has 1 aliphatic carbocycles. The summed E-state index contributed by atoms with van der Waals surface area (Å²) in [5.74, 6) is 0.600. The first-order chi connectivity index (χ1) is 8.96. The molecule has 0 spiro atoms. The second-order valence-corrected chi connectivity index (χ2v) is 6.72. The van der Waals surface area contributed by atoms with Gasteiger partial charge in [-0.05, 0) is 61.4 Å². The first kappa shape index (κ1) is 14.5. The summed E-state index contributed by atoms with van der Waals surface area (Å²) in [6.07, 6.45) is 2.61. The molecular formula is C17H28N2. The summed E-state index contributed by atoms with van der Waals surface area (Å²) in [5.41, 5.74) is 10.6. The van der Waals surface area contributed by atoms with Crippen molar-refractivity contribution >= 4 is 0 Å². The van der Waals surface area contributed by atoms with Crippen molar-refractivity contribution < 1.29 is 0 Å². The lowest BCUT2D eigenvalue weighted by Gasteiger charge is -2.24. The van der Waals surface area contributed by atoms with Crippen molar-refractivity contribution in [3.05, 3.63) is 34.9 Å². The minimum absolute atomic E-state index is 0.429. The van der Waals surface area contributed by atoms with Gasteiger partial charge in [-0.3, -0.25) is 0 Å². The molecule has 0 radical (unpaired) electrons. The van der Waals surface area contributed by atoms with Gasteiger partial charge in [0.15, 0.2) is 0 Å². The van der Waals surface area contributed by atoms with Crippen LogP contribution in [-0.2, 0) is 6.54 Å². The number of hydrogen-bond acceptors (Lipinski definition) is 2. The standard InChI is InChI=1S/C17H28N2/c1-13(2)15-6-5-14(3)16(9-15)10-19(4)12-17(11-18)7-8-17/h5-6,9,13H,7-8,10-12,18H2,1-4H3. The third-order valence-corrected chi connectivity index (χ3v) is 4.48. The van der Waals surface area contributed by atoms with Crippen molar-refractivity contribution in [2.45, 2.75) is 46.1 Å². The highest BCUT2D eigenvalue weighted by atomic mass is 15.1. The first-order valence-electron chi connectivity index (χ1n) is 7.44. The zero-order chi connectivity index (χ0) is 14.0. The van der Waals surface area contributed by atoms with Crippen LogP contribution in [0.5, 0.6) is 0 Å². The quantitative estimate of drug-likeness (QED) is 0.850. The maximum Gasteiger partial charge on any atom is 0.0233 e. The topological polar surface area (TPSA) is 29.3 Å². The Hall–Kier alpha value is -0.860. The molecule has 1 aromatic carbocycles. The molecular weight excluding hydrogens is 232 g/mol. The average molecular weight is 260 g/mol. The molecule has 2 rings (SSSR count). The summed E-state index contributed by atoms with van der Waals surface area (Å²) in [6.45, 7) is 9.73. The lowest BCUT2D eigenvalue weighted by atomic mass is 9.97. The number of hydrogen-bond donors (Lipinski definition) is 1. The van der Waals surface area contributed by atoms with E-state index in [4.69, 9.17) is 5.73 Å². The Kier molecular flexibility index (Phi) is 4.32. The van der Waals surface area contributed by atoms with Gasteiger partial charge in [-0.25, -0.2) is 0 Å². The Morgan fingerprint density at radius 3 is 2.53 bits per heavy atom. The molecule has 106 valence electrons. The van der Waals surface area contributed by atoms with E-state index < -0.39 is 0 Å². The molecule has 0 amide bonds. The minimum Gasteiger partial charge on any atom is -0.330 e. The van der Waals surface area contributed by atoms with Gasteiger partial charge in [0.1, 0.15) is 0 Å². The van der Waals surface area contributed by atoms with Crippen LogP contribution in [0, 0.1) is 12.3 Å². The molecule has 1 aliphatic rings. The van der Waals surface area contributed by atoms with Crippen LogP contribution in [0.3, 0.4) is 0 Å². The molecule has 2 heteroatoms. The van der Waals surface area contributed by atoms with Crippen LogP contribution < -0.4 is 5.73 Å². The van der Waals surface area contributed by atoms with Crippen LogP contribution >= 0.6 is 0 Å². The van der Waals surface area contributed by atoms with E-state index in [2.05, 4.69) is 50.9 Å². The number of aryl methyl sites for hydroxylation is 1.